The third kappa shape index (κ3) is 4.29. The highest BCUT2D eigenvalue weighted by atomic mass is 16.4. The minimum Gasteiger partial charge on any atom is -0.480 e. The molecule has 0 aromatic heterocycles. The van der Waals surface area contributed by atoms with E-state index in [-0.39, 0.29) is 18.4 Å². The van der Waals surface area contributed by atoms with Crippen LogP contribution in [0.25, 0.3) is 0 Å². The van der Waals surface area contributed by atoms with E-state index in [4.69, 9.17) is 5.11 Å². The molecule has 0 saturated heterocycles. The summed E-state index contributed by atoms with van der Waals surface area (Å²) >= 11 is 0. The Labute approximate surface area is 89.2 Å². The van der Waals surface area contributed by atoms with Crippen molar-refractivity contribution in [1.82, 2.24) is 10.6 Å². The zero-order chi connectivity index (χ0) is 11.4. The summed E-state index contributed by atoms with van der Waals surface area (Å²) in [4.78, 5) is 22.1. The lowest BCUT2D eigenvalue weighted by Crippen LogP contribution is -2.46. The zero-order valence-electron chi connectivity index (χ0n) is 9.12. The van der Waals surface area contributed by atoms with Gasteiger partial charge in [-0.15, -0.1) is 0 Å². The molecule has 0 spiro atoms. The molecule has 0 aliphatic heterocycles. The number of carbonyl (C=O) groups is 2. The molecule has 1 unspecified atom stereocenters. The number of nitrogens with one attached hydrogen (secondary N) is 2. The summed E-state index contributed by atoms with van der Waals surface area (Å²) in [7, 11) is 0. The summed E-state index contributed by atoms with van der Waals surface area (Å²) in [5.74, 6) is -1.06. The number of hydrogen-bond acceptors (Lipinski definition) is 3. The fourth-order valence-corrected chi connectivity index (χ4v) is 1.32. The van der Waals surface area contributed by atoms with Gasteiger partial charge in [0, 0.05) is 6.04 Å². The Bertz CT molecular complexity index is 249. The third-order valence-corrected chi connectivity index (χ3v) is 2.36. The molecule has 86 valence electrons. The van der Waals surface area contributed by atoms with Crippen LogP contribution >= 0.6 is 0 Å². The highest BCUT2D eigenvalue weighted by Crippen LogP contribution is 2.18. The lowest BCUT2D eigenvalue weighted by Gasteiger charge is -2.17. The Kier molecular flexibility index (Phi) is 4.08. The molecule has 1 atom stereocenters. The van der Waals surface area contributed by atoms with Crippen molar-refractivity contribution in [3.05, 3.63) is 0 Å². The minimum atomic E-state index is -0.913. The molecule has 1 aliphatic rings. The van der Waals surface area contributed by atoms with Gasteiger partial charge in [-0.05, 0) is 18.8 Å². The van der Waals surface area contributed by atoms with Crippen LogP contribution in [0.1, 0.15) is 26.7 Å². The molecule has 0 heterocycles. The monoisotopic (exact) mass is 214 g/mol. The van der Waals surface area contributed by atoms with Gasteiger partial charge >= 0.3 is 5.97 Å². The lowest BCUT2D eigenvalue weighted by atomic mass is 10.1. The molecule has 1 saturated carbocycles. The first-order valence-electron chi connectivity index (χ1n) is 5.26. The molecule has 1 fully saturated rings. The quantitative estimate of drug-likeness (QED) is 0.580. The molecule has 3 N–H and O–H groups in total. The summed E-state index contributed by atoms with van der Waals surface area (Å²) in [6, 6.07) is -0.336. The van der Waals surface area contributed by atoms with Gasteiger partial charge in [-0.25, -0.2) is 0 Å². The first kappa shape index (κ1) is 12.0. The third-order valence-electron chi connectivity index (χ3n) is 2.36. The number of amides is 1. The van der Waals surface area contributed by atoms with Crippen LogP contribution in [0.3, 0.4) is 0 Å². The first-order chi connectivity index (χ1) is 7.00. The average Bonchev–Trinajstić information content (AvgIpc) is 2.86. The molecule has 0 aromatic carbocycles. The fraction of sp³-hybridized carbons (Fsp3) is 0.800. The average molecular weight is 214 g/mol. The van der Waals surface area contributed by atoms with Crippen LogP contribution in [0.5, 0.6) is 0 Å². The zero-order valence-corrected chi connectivity index (χ0v) is 9.12. The summed E-state index contributed by atoms with van der Waals surface area (Å²) in [5, 5.41) is 14.4. The number of carboxylic acids is 1. The predicted molar refractivity (Wildman–Crippen MR) is 55.4 cm³/mol. The van der Waals surface area contributed by atoms with Crippen molar-refractivity contribution in [2.45, 2.75) is 38.8 Å². The number of carboxylic acid groups (broad SMARTS) is 1. The van der Waals surface area contributed by atoms with Gasteiger partial charge in [-0.1, -0.05) is 13.8 Å². The van der Waals surface area contributed by atoms with Gasteiger partial charge in [-0.2, -0.15) is 0 Å². The van der Waals surface area contributed by atoms with Crippen molar-refractivity contribution in [3.63, 3.8) is 0 Å². The van der Waals surface area contributed by atoms with E-state index in [1.807, 2.05) is 13.8 Å². The predicted octanol–water partition coefficient (Wildman–Crippen LogP) is -0.0362. The number of aliphatic carboxylic acids is 1. The van der Waals surface area contributed by atoms with Crippen molar-refractivity contribution in [1.29, 1.82) is 0 Å². The van der Waals surface area contributed by atoms with Crippen LogP contribution in [-0.2, 0) is 9.59 Å². The Morgan fingerprint density at radius 1 is 1.40 bits per heavy atom. The summed E-state index contributed by atoms with van der Waals surface area (Å²) < 4.78 is 0. The molecule has 1 aliphatic carbocycles. The van der Waals surface area contributed by atoms with E-state index < -0.39 is 12.0 Å². The highest BCUT2D eigenvalue weighted by Gasteiger charge is 2.25. The van der Waals surface area contributed by atoms with Crippen LogP contribution in [-0.4, -0.2) is 35.6 Å². The molecule has 5 nitrogen and oxygen atoms in total. The molecular formula is C10H18N2O3. The van der Waals surface area contributed by atoms with E-state index in [9.17, 15) is 9.59 Å². The number of carbonyl (C=O) groups excluding carboxylic acids is 1. The standard InChI is InChI=1S/C10H18N2O3/c1-6(2)9(10(14)15)11-5-8(13)12-7-3-4-7/h6-7,9,11H,3-5H2,1-2H3,(H,12,13)(H,14,15). The largest absolute Gasteiger partial charge is 0.480 e. The molecule has 0 radical (unpaired) electrons. The number of hydrogen-bond donors (Lipinski definition) is 3. The Morgan fingerprint density at radius 2 is 2.00 bits per heavy atom. The van der Waals surface area contributed by atoms with Gasteiger partial charge in [0.15, 0.2) is 0 Å². The van der Waals surface area contributed by atoms with Gasteiger partial charge in [0.25, 0.3) is 0 Å². The van der Waals surface area contributed by atoms with Crippen LogP contribution in [0, 0.1) is 5.92 Å². The van der Waals surface area contributed by atoms with E-state index in [0.29, 0.717) is 6.04 Å². The molecule has 1 amide bonds. The van der Waals surface area contributed by atoms with Crippen LogP contribution in [0.2, 0.25) is 0 Å². The van der Waals surface area contributed by atoms with Gasteiger partial charge in [0.1, 0.15) is 6.04 Å². The van der Waals surface area contributed by atoms with Crippen molar-refractivity contribution >= 4 is 11.9 Å². The molecule has 0 aromatic rings. The van der Waals surface area contributed by atoms with E-state index >= 15 is 0 Å². The van der Waals surface area contributed by atoms with Crippen LogP contribution in [0.4, 0.5) is 0 Å². The second-order valence-corrected chi connectivity index (χ2v) is 4.28. The van der Waals surface area contributed by atoms with Crippen LogP contribution < -0.4 is 10.6 Å². The maximum absolute atomic E-state index is 11.3. The fourth-order valence-electron chi connectivity index (χ4n) is 1.32. The van der Waals surface area contributed by atoms with Gasteiger partial charge < -0.3 is 10.4 Å². The Balaban J connectivity index is 2.25. The lowest BCUT2D eigenvalue weighted by molar-refractivity contribution is -0.140. The minimum absolute atomic E-state index is 0.0313. The van der Waals surface area contributed by atoms with Crippen LogP contribution in [0.15, 0.2) is 0 Å². The summed E-state index contributed by atoms with van der Waals surface area (Å²) in [5.41, 5.74) is 0. The smallest absolute Gasteiger partial charge is 0.320 e. The van der Waals surface area contributed by atoms with Crippen molar-refractivity contribution in [2.75, 3.05) is 6.54 Å². The van der Waals surface area contributed by atoms with E-state index in [1.54, 1.807) is 0 Å². The highest BCUT2D eigenvalue weighted by molar-refractivity contribution is 5.80. The van der Waals surface area contributed by atoms with Crippen molar-refractivity contribution < 1.29 is 14.7 Å². The normalized spacial score (nSPS) is 17.5. The molecule has 5 heteroatoms. The maximum atomic E-state index is 11.3. The topological polar surface area (TPSA) is 78.4 Å². The van der Waals surface area contributed by atoms with E-state index in [1.165, 1.54) is 0 Å². The Morgan fingerprint density at radius 3 is 2.40 bits per heavy atom. The number of rotatable bonds is 6. The van der Waals surface area contributed by atoms with Gasteiger partial charge in [-0.3, -0.25) is 14.9 Å². The van der Waals surface area contributed by atoms with E-state index in [0.717, 1.165) is 12.8 Å². The SMILES string of the molecule is CC(C)C(NCC(=O)NC1CC1)C(=O)O. The van der Waals surface area contributed by atoms with Crippen molar-refractivity contribution in [3.8, 4) is 0 Å². The summed E-state index contributed by atoms with van der Waals surface area (Å²) in [6.45, 7) is 3.70. The second kappa shape index (κ2) is 5.11. The molecule has 15 heavy (non-hydrogen) atoms. The summed E-state index contributed by atoms with van der Waals surface area (Å²) in [6.07, 6.45) is 2.08. The maximum Gasteiger partial charge on any atom is 0.320 e. The van der Waals surface area contributed by atoms with E-state index in [2.05, 4.69) is 10.6 Å². The molecular weight excluding hydrogens is 196 g/mol. The second-order valence-electron chi connectivity index (χ2n) is 4.28. The van der Waals surface area contributed by atoms with Crippen molar-refractivity contribution in [2.24, 2.45) is 5.92 Å². The Hall–Kier alpha value is -1.10. The first-order valence-corrected chi connectivity index (χ1v) is 5.26. The molecule has 0 bridgehead atoms. The van der Waals surface area contributed by atoms with Gasteiger partial charge in [0.05, 0.1) is 6.54 Å². The van der Waals surface area contributed by atoms with Gasteiger partial charge in [0.2, 0.25) is 5.91 Å². The molecule has 1 rings (SSSR count).